The van der Waals surface area contributed by atoms with Gasteiger partial charge < -0.3 is 20.2 Å². The molecular weight excluding hydrogens is 508 g/mol. The van der Waals surface area contributed by atoms with Crippen LogP contribution in [0, 0.1) is 29.6 Å². The monoisotopic (exact) mass is 550 g/mol. The summed E-state index contributed by atoms with van der Waals surface area (Å²) in [6.45, 7) is 4.74. The normalized spacial score (nSPS) is 43.8. The van der Waals surface area contributed by atoms with Gasteiger partial charge in [0.1, 0.15) is 16.8 Å². The Labute approximate surface area is 215 Å². The van der Waals surface area contributed by atoms with Crippen molar-refractivity contribution in [2.75, 3.05) is 13.1 Å². The molecule has 10 nitrogen and oxygen atoms in total. The minimum absolute atomic E-state index is 0.00406. The third-order valence-electron chi connectivity index (χ3n) is 9.37. The zero-order chi connectivity index (χ0) is 26.3. The number of hydrogen-bond donors (Lipinski definition) is 4. The molecule has 36 heavy (non-hydrogen) atoms. The summed E-state index contributed by atoms with van der Waals surface area (Å²) in [4.78, 5) is 12.1. The summed E-state index contributed by atoms with van der Waals surface area (Å²) in [6, 6.07) is -1.07. The lowest BCUT2D eigenvalue weighted by Gasteiger charge is -2.59. The molecule has 3 saturated carbocycles. The van der Waals surface area contributed by atoms with E-state index >= 15 is 0 Å². The molecule has 1 heterocycles. The third-order valence-corrected chi connectivity index (χ3v) is 11.9. The third kappa shape index (κ3) is 5.41. The molecule has 0 aromatic rings. The summed E-state index contributed by atoms with van der Waals surface area (Å²) >= 11 is 0. The molecule has 1 saturated heterocycles. The number of aldehydes is 1. The average Bonchev–Trinajstić information content (AvgIpc) is 2.81. The molecule has 0 aromatic heterocycles. The van der Waals surface area contributed by atoms with E-state index in [4.69, 9.17) is 4.74 Å². The zero-order valence-corrected chi connectivity index (χ0v) is 22.8. The van der Waals surface area contributed by atoms with Gasteiger partial charge in [0.2, 0.25) is 0 Å². The molecular formula is C24H42N2O8S2. The maximum absolute atomic E-state index is 12.7. The Balaban J connectivity index is 1.82. The number of fused-ring (bicyclic) bond motifs is 2. The summed E-state index contributed by atoms with van der Waals surface area (Å²) in [7, 11) is -9.08. The van der Waals surface area contributed by atoms with Crippen LogP contribution in [0.2, 0.25) is 0 Å². The van der Waals surface area contributed by atoms with E-state index in [9.17, 15) is 30.7 Å². The largest absolute Gasteiger partial charge is 0.371 e. The number of carbonyl (C=O) groups excluding carboxylic acids is 1. The highest BCUT2D eigenvalue weighted by Gasteiger charge is 2.61. The van der Waals surface area contributed by atoms with Crippen LogP contribution in [0.15, 0.2) is 0 Å². The second kappa shape index (κ2) is 11.2. The summed E-state index contributed by atoms with van der Waals surface area (Å²) in [5.41, 5.74) is 0. The maximum Gasteiger partial charge on any atom is 0.271 e. The first-order chi connectivity index (χ1) is 17.0. The van der Waals surface area contributed by atoms with Gasteiger partial charge in [0.05, 0.1) is 12.2 Å². The van der Waals surface area contributed by atoms with Crippen LogP contribution in [0.25, 0.3) is 0 Å². The fraction of sp³-hybridized carbons (Fsp3) is 0.958. The van der Waals surface area contributed by atoms with Crippen LogP contribution in [-0.2, 0) is 29.8 Å². The molecule has 10 atom stereocenters. The summed E-state index contributed by atoms with van der Waals surface area (Å²) in [5.74, 6) is -0.749. The SMILES string of the molecule is CCNC1CCC2C(OC3C(CCC(NCC)C3S(=O)(=O)O)C2C2CCCCC2C=O)C1S(=O)(=O)O. The Morgan fingerprint density at radius 1 is 0.750 bits per heavy atom. The summed E-state index contributed by atoms with van der Waals surface area (Å²) in [6.07, 6.45) is 5.07. The van der Waals surface area contributed by atoms with E-state index in [2.05, 4.69) is 10.6 Å². The second-order valence-corrected chi connectivity index (χ2v) is 14.3. The fourth-order valence-electron chi connectivity index (χ4n) is 8.21. The van der Waals surface area contributed by atoms with Gasteiger partial charge in [-0.05, 0) is 75.3 Å². The molecule has 0 aromatic carbocycles. The zero-order valence-electron chi connectivity index (χ0n) is 21.2. The van der Waals surface area contributed by atoms with Gasteiger partial charge in [-0.25, -0.2) is 0 Å². The Hall–Kier alpha value is -0.630. The molecule has 0 amide bonds. The lowest BCUT2D eigenvalue weighted by Crippen LogP contribution is -2.68. The van der Waals surface area contributed by atoms with Crippen LogP contribution >= 0.6 is 0 Å². The topological polar surface area (TPSA) is 159 Å². The van der Waals surface area contributed by atoms with E-state index in [-0.39, 0.29) is 29.6 Å². The smallest absolute Gasteiger partial charge is 0.271 e. The lowest BCUT2D eigenvalue weighted by atomic mass is 9.56. The van der Waals surface area contributed by atoms with Crippen LogP contribution in [-0.4, -0.2) is 80.1 Å². The molecule has 4 rings (SSSR count). The Morgan fingerprint density at radius 2 is 1.22 bits per heavy atom. The van der Waals surface area contributed by atoms with Crippen molar-refractivity contribution < 1.29 is 35.5 Å². The van der Waals surface area contributed by atoms with Crippen molar-refractivity contribution >= 4 is 26.5 Å². The Kier molecular flexibility index (Phi) is 8.86. The number of carbonyl (C=O) groups is 1. The first-order valence-corrected chi connectivity index (χ1v) is 16.5. The molecule has 0 bridgehead atoms. The standard InChI is InChI=1S/C24H42N2O8S2/c1-3-25-18-11-9-16-20(15-8-6-5-7-14(15)13-27)17-10-12-19(26-4-2)24(36(31,32)33)22(17)34-21(16)23(18)35(28,29)30/h13-26H,3-12H2,1-2H3,(H,28,29,30)(H,31,32,33). The van der Waals surface area contributed by atoms with Crippen molar-refractivity contribution in [1.29, 1.82) is 0 Å². The van der Waals surface area contributed by atoms with E-state index < -0.39 is 55.0 Å². The highest BCUT2D eigenvalue weighted by Crippen LogP contribution is 2.55. The molecule has 4 aliphatic rings. The van der Waals surface area contributed by atoms with Gasteiger partial charge in [-0.15, -0.1) is 0 Å². The minimum Gasteiger partial charge on any atom is -0.371 e. The molecule has 0 spiro atoms. The Morgan fingerprint density at radius 3 is 1.64 bits per heavy atom. The van der Waals surface area contributed by atoms with Crippen LogP contribution in [0.3, 0.4) is 0 Å². The van der Waals surface area contributed by atoms with Gasteiger partial charge in [0.15, 0.2) is 0 Å². The van der Waals surface area contributed by atoms with Crippen LogP contribution in [0.4, 0.5) is 0 Å². The minimum atomic E-state index is -4.54. The molecule has 12 heteroatoms. The predicted molar refractivity (Wildman–Crippen MR) is 135 cm³/mol. The molecule has 1 aliphatic heterocycles. The quantitative estimate of drug-likeness (QED) is 0.259. The maximum atomic E-state index is 12.7. The summed E-state index contributed by atoms with van der Waals surface area (Å²) < 4.78 is 78.1. The first kappa shape index (κ1) is 28.4. The van der Waals surface area contributed by atoms with Crippen molar-refractivity contribution in [3.05, 3.63) is 0 Å². The predicted octanol–water partition coefficient (Wildman–Crippen LogP) is 1.66. The van der Waals surface area contributed by atoms with Gasteiger partial charge in [-0.1, -0.05) is 26.7 Å². The molecule has 0 radical (unpaired) electrons. The van der Waals surface area contributed by atoms with E-state index in [0.29, 0.717) is 38.8 Å². The van der Waals surface area contributed by atoms with E-state index in [1.165, 1.54) is 0 Å². The van der Waals surface area contributed by atoms with Crippen molar-refractivity contribution in [1.82, 2.24) is 10.6 Å². The molecule has 208 valence electrons. The summed E-state index contributed by atoms with van der Waals surface area (Å²) in [5, 5.41) is 3.85. The highest BCUT2D eigenvalue weighted by molar-refractivity contribution is 7.86. The van der Waals surface area contributed by atoms with Crippen LogP contribution in [0.5, 0.6) is 0 Å². The van der Waals surface area contributed by atoms with Crippen LogP contribution < -0.4 is 10.6 Å². The van der Waals surface area contributed by atoms with Gasteiger partial charge in [-0.3, -0.25) is 9.11 Å². The van der Waals surface area contributed by atoms with Gasteiger partial charge >= 0.3 is 0 Å². The van der Waals surface area contributed by atoms with Gasteiger partial charge in [-0.2, -0.15) is 16.8 Å². The van der Waals surface area contributed by atoms with Crippen molar-refractivity contribution in [2.24, 2.45) is 29.6 Å². The average molecular weight is 551 g/mol. The van der Waals surface area contributed by atoms with E-state index in [1.54, 1.807) is 0 Å². The van der Waals surface area contributed by atoms with Crippen molar-refractivity contribution in [2.45, 2.75) is 100 Å². The highest BCUT2D eigenvalue weighted by atomic mass is 32.2. The second-order valence-electron chi connectivity index (χ2n) is 11.2. The molecule has 10 unspecified atom stereocenters. The lowest BCUT2D eigenvalue weighted by molar-refractivity contribution is -0.191. The van der Waals surface area contributed by atoms with Crippen LogP contribution in [0.1, 0.15) is 65.2 Å². The number of nitrogens with one attached hydrogen (secondary N) is 2. The molecule has 4 N–H and O–H groups in total. The Bertz CT molecular complexity index is 926. The van der Waals surface area contributed by atoms with Crippen molar-refractivity contribution in [3.8, 4) is 0 Å². The van der Waals surface area contributed by atoms with Gasteiger partial charge in [0, 0.05) is 18.0 Å². The van der Waals surface area contributed by atoms with E-state index in [1.807, 2.05) is 13.8 Å². The molecule has 3 aliphatic carbocycles. The van der Waals surface area contributed by atoms with Crippen molar-refractivity contribution in [3.63, 3.8) is 0 Å². The van der Waals surface area contributed by atoms with Gasteiger partial charge in [0.25, 0.3) is 20.2 Å². The van der Waals surface area contributed by atoms with E-state index in [0.717, 1.165) is 32.0 Å². The first-order valence-electron chi connectivity index (χ1n) is 13.5. The number of hydrogen-bond acceptors (Lipinski definition) is 8. The molecule has 4 fully saturated rings. The fourth-order valence-corrected chi connectivity index (χ4v) is 10.7. The number of ether oxygens (including phenoxy) is 1. The number of rotatable bonds is 8.